The summed E-state index contributed by atoms with van der Waals surface area (Å²) in [7, 11) is 0. The number of hydrogen-bond acceptors (Lipinski definition) is 2. The van der Waals surface area contributed by atoms with Gasteiger partial charge in [-0.2, -0.15) is 0 Å². The van der Waals surface area contributed by atoms with Gasteiger partial charge in [0.1, 0.15) is 0 Å². The van der Waals surface area contributed by atoms with E-state index in [1.165, 1.54) is 38.5 Å². The zero-order chi connectivity index (χ0) is 10.7. The van der Waals surface area contributed by atoms with Gasteiger partial charge in [-0.15, -0.1) is 0 Å². The molecule has 3 heteroatoms. The molecule has 1 amide bonds. The first-order valence-corrected chi connectivity index (χ1v) is 6.28. The van der Waals surface area contributed by atoms with Gasteiger partial charge < -0.3 is 10.6 Å². The van der Waals surface area contributed by atoms with Gasteiger partial charge in [0.25, 0.3) is 0 Å². The molecular weight excluding hydrogens is 188 g/mol. The van der Waals surface area contributed by atoms with Crippen molar-refractivity contribution in [3.63, 3.8) is 0 Å². The zero-order valence-electron chi connectivity index (χ0n) is 9.59. The third-order valence-corrected chi connectivity index (χ3v) is 3.62. The lowest BCUT2D eigenvalue weighted by atomic mass is 10.00. The summed E-state index contributed by atoms with van der Waals surface area (Å²) in [6.45, 7) is 2.65. The fraction of sp³-hybridized carbons (Fsp3) is 0.917. The van der Waals surface area contributed by atoms with Crippen molar-refractivity contribution in [3.8, 4) is 0 Å². The highest BCUT2D eigenvalue weighted by molar-refractivity contribution is 5.78. The monoisotopic (exact) mass is 210 g/mol. The van der Waals surface area contributed by atoms with E-state index in [1.807, 2.05) is 0 Å². The Balaban J connectivity index is 1.62. The van der Waals surface area contributed by atoms with Gasteiger partial charge in [0.2, 0.25) is 5.91 Å². The summed E-state index contributed by atoms with van der Waals surface area (Å²) < 4.78 is 0. The highest BCUT2D eigenvalue weighted by Crippen LogP contribution is 2.27. The molecule has 1 unspecified atom stereocenters. The zero-order valence-corrected chi connectivity index (χ0v) is 9.59. The second-order valence-corrected chi connectivity index (χ2v) is 5.06. The Morgan fingerprint density at radius 2 is 1.93 bits per heavy atom. The maximum Gasteiger partial charge on any atom is 0.234 e. The summed E-state index contributed by atoms with van der Waals surface area (Å²) in [6.07, 6.45) is 7.74. The van der Waals surface area contributed by atoms with E-state index < -0.39 is 0 Å². The molecule has 0 aromatic rings. The van der Waals surface area contributed by atoms with E-state index in [9.17, 15) is 4.79 Å². The molecule has 1 atom stereocenters. The van der Waals surface area contributed by atoms with Crippen LogP contribution in [0, 0.1) is 5.92 Å². The number of carbonyl (C=O) groups is 1. The standard InChI is InChI=1S/C12H22N2O/c1-9(10-4-2-3-5-10)14-12(15)8-13-11-6-7-11/h9-11,13H,2-8H2,1H3,(H,14,15). The van der Waals surface area contributed by atoms with Crippen LogP contribution in [-0.4, -0.2) is 24.5 Å². The summed E-state index contributed by atoms with van der Waals surface area (Å²) in [5.74, 6) is 0.885. The Morgan fingerprint density at radius 3 is 2.53 bits per heavy atom. The van der Waals surface area contributed by atoms with Crippen LogP contribution in [0.3, 0.4) is 0 Å². The van der Waals surface area contributed by atoms with Crippen LogP contribution in [0.15, 0.2) is 0 Å². The highest BCUT2D eigenvalue weighted by Gasteiger charge is 2.24. The smallest absolute Gasteiger partial charge is 0.234 e. The van der Waals surface area contributed by atoms with Gasteiger partial charge in [-0.3, -0.25) is 4.79 Å². The summed E-state index contributed by atoms with van der Waals surface area (Å²) >= 11 is 0. The summed E-state index contributed by atoms with van der Waals surface area (Å²) in [4.78, 5) is 11.6. The number of amides is 1. The van der Waals surface area contributed by atoms with E-state index in [-0.39, 0.29) is 5.91 Å². The van der Waals surface area contributed by atoms with Crippen LogP contribution in [0.4, 0.5) is 0 Å². The Kier molecular flexibility index (Phi) is 3.62. The quantitative estimate of drug-likeness (QED) is 0.721. The number of nitrogens with one attached hydrogen (secondary N) is 2. The first-order chi connectivity index (χ1) is 7.25. The average Bonchev–Trinajstić information content (AvgIpc) is 2.87. The van der Waals surface area contributed by atoms with Crippen LogP contribution in [0.1, 0.15) is 45.4 Å². The van der Waals surface area contributed by atoms with E-state index in [0.29, 0.717) is 18.6 Å². The minimum absolute atomic E-state index is 0.168. The molecule has 0 aromatic heterocycles. The van der Waals surface area contributed by atoms with Gasteiger partial charge in [-0.25, -0.2) is 0 Å². The molecule has 0 radical (unpaired) electrons. The van der Waals surface area contributed by atoms with Crippen molar-refractivity contribution in [3.05, 3.63) is 0 Å². The highest BCUT2D eigenvalue weighted by atomic mass is 16.1. The molecule has 0 aromatic carbocycles. The molecule has 2 rings (SSSR count). The molecule has 2 N–H and O–H groups in total. The van der Waals surface area contributed by atoms with Crippen molar-refractivity contribution < 1.29 is 4.79 Å². The maximum absolute atomic E-state index is 11.6. The number of hydrogen-bond donors (Lipinski definition) is 2. The molecule has 0 spiro atoms. The minimum Gasteiger partial charge on any atom is -0.352 e. The summed E-state index contributed by atoms with van der Waals surface area (Å²) in [5.41, 5.74) is 0. The van der Waals surface area contributed by atoms with Crippen molar-refractivity contribution in [2.75, 3.05) is 6.54 Å². The summed E-state index contributed by atoms with van der Waals surface area (Å²) in [6, 6.07) is 0.985. The van der Waals surface area contributed by atoms with Crippen molar-refractivity contribution in [2.45, 2.75) is 57.5 Å². The molecule has 0 bridgehead atoms. The van der Waals surface area contributed by atoms with Gasteiger partial charge >= 0.3 is 0 Å². The fourth-order valence-corrected chi connectivity index (χ4v) is 2.40. The van der Waals surface area contributed by atoms with Crippen molar-refractivity contribution in [1.29, 1.82) is 0 Å². The van der Waals surface area contributed by atoms with Gasteiger partial charge in [-0.1, -0.05) is 12.8 Å². The van der Waals surface area contributed by atoms with Crippen molar-refractivity contribution in [1.82, 2.24) is 10.6 Å². The largest absolute Gasteiger partial charge is 0.352 e. The number of carbonyl (C=O) groups excluding carboxylic acids is 1. The normalized spacial score (nSPS) is 24.1. The molecule has 0 heterocycles. The molecule has 2 aliphatic rings. The van der Waals surface area contributed by atoms with E-state index in [0.717, 1.165) is 5.92 Å². The van der Waals surface area contributed by atoms with Crippen LogP contribution < -0.4 is 10.6 Å². The lowest BCUT2D eigenvalue weighted by Gasteiger charge is -2.20. The Labute approximate surface area is 92.0 Å². The summed E-state index contributed by atoms with van der Waals surface area (Å²) in [5, 5.41) is 6.34. The van der Waals surface area contributed by atoms with E-state index in [2.05, 4.69) is 17.6 Å². The Hall–Kier alpha value is -0.570. The van der Waals surface area contributed by atoms with Crippen LogP contribution in [0.25, 0.3) is 0 Å². The van der Waals surface area contributed by atoms with Crippen molar-refractivity contribution >= 4 is 5.91 Å². The predicted octanol–water partition coefficient (Wildman–Crippen LogP) is 1.43. The lowest BCUT2D eigenvalue weighted by Crippen LogP contribution is -2.42. The third-order valence-electron chi connectivity index (χ3n) is 3.62. The van der Waals surface area contributed by atoms with E-state index in [4.69, 9.17) is 0 Å². The topological polar surface area (TPSA) is 41.1 Å². The van der Waals surface area contributed by atoms with Gasteiger partial charge in [0, 0.05) is 12.1 Å². The van der Waals surface area contributed by atoms with E-state index >= 15 is 0 Å². The Morgan fingerprint density at radius 1 is 1.27 bits per heavy atom. The lowest BCUT2D eigenvalue weighted by molar-refractivity contribution is -0.121. The number of rotatable bonds is 5. The molecule has 0 aliphatic heterocycles. The van der Waals surface area contributed by atoms with Crippen LogP contribution in [0.2, 0.25) is 0 Å². The van der Waals surface area contributed by atoms with Gasteiger partial charge in [0.05, 0.1) is 6.54 Å². The molecule has 15 heavy (non-hydrogen) atoms. The van der Waals surface area contributed by atoms with Crippen molar-refractivity contribution in [2.24, 2.45) is 5.92 Å². The molecule has 3 nitrogen and oxygen atoms in total. The molecular formula is C12H22N2O. The first-order valence-electron chi connectivity index (χ1n) is 6.28. The van der Waals surface area contributed by atoms with Crippen LogP contribution in [0.5, 0.6) is 0 Å². The maximum atomic E-state index is 11.6. The molecule has 0 saturated heterocycles. The fourth-order valence-electron chi connectivity index (χ4n) is 2.40. The molecule has 2 aliphatic carbocycles. The van der Waals surface area contributed by atoms with E-state index in [1.54, 1.807) is 0 Å². The Bertz CT molecular complexity index is 220. The molecule has 2 saturated carbocycles. The molecule has 86 valence electrons. The SMILES string of the molecule is CC(NC(=O)CNC1CC1)C1CCCC1. The average molecular weight is 210 g/mol. The van der Waals surface area contributed by atoms with Crippen LogP contribution in [-0.2, 0) is 4.79 Å². The molecule has 2 fully saturated rings. The first kappa shape index (κ1) is 10.9. The third kappa shape index (κ3) is 3.49. The second kappa shape index (κ2) is 4.97. The minimum atomic E-state index is 0.168. The van der Waals surface area contributed by atoms with Crippen LogP contribution >= 0.6 is 0 Å². The van der Waals surface area contributed by atoms with Gasteiger partial charge in [-0.05, 0) is 38.5 Å². The predicted molar refractivity (Wildman–Crippen MR) is 60.6 cm³/mol. The second-order valence-electron chi connectivity index (χ2n) is 5.06. The van der Waals surface area contributed by atoms with Gasteiger partial charge in [0.15, 0.2) is 0 Å².